The van der Waals surface area contributed by atoms with Gasteiger partial charge in [-0.1, -0.05) is 26.7 Å². The van der Waals surface area contributed by atoms with Crippen molar-refractivity contribution in [3.8, 4) is 0 Å². The lowest BCUT2D eigenvalue weighted by molar-refractivity contribution is 0.0673. The number of hydrogen-bond donors (Lipinski definition) is 1. The minimum Gasteiger partial charge on any atom is -0.466 e. The monoisotopic (exact) mass is 322 g/mol. The average molecular weight is 322 g/mol. The van der Waals surface area contributed by atoms with Gasteiger partial charge >= 0.3 is 0 Å². The molecule has 0 radical (unpaired) electrons. The topological polar surface area (TPSA) is 72.8 Å². The lowest BCUT2D eigenvalue weighted by Crippen LogP contribution is -2.10. The van der Waals surface area contributed by atoms with Crippen LogP contribution < -0.4 is 0 Å². The van der Waals surface area contributed by atoms with Gasteiger partial charge in [-0.05, 0) is 37.1 Å². The molecule has 0 aliphatic carbocycles. The van der Waals surface area contributed by atoms with Crippen molar-refractivity contribution in [2.75, 3.05) is 13.2 Å². The molecule has 2 heterocycles. The largest absolute Gasteiger partial charge is 0.466 e. The fraction of sp³-hybridized carbons (Fsp3) is 0.500. The van der Waals surface area contributed by atoms with E-state index in [4.69, 9.17) is 13.6 Å². The molecule has 1 atom stereocenters. The molecule has 5 heteroatoms. The maximum atomic E-state index is 11.5. The highest BCUT2D eigenvalue weighted by molar-refractivity contribution is 5.97. The summed E-state index contributed by atoms with van der Waals surface area (Å²) in [6.45, 7) is 6.28. The summed E-state index contributed by atoms with van der Waals surface area (Å²) in [5.41, 5.74) is 0. The van der Waals surface area contributed by atoms with E-state index in [-0.39, 0.29) is 11.5 Å². The summed E-state index contributed by atoms with van der Waals surface area (Å²) < 4.78 is 15.1. The predicted molar refractivity (Wildman–Crippen MR) is 87.3 cm³/mol. The maximum absolute atomic E-state index is 11.5. The quantitative estimate of drug-likeness (QED) is 0.547. The first-order chi connectivity index (χ1) is 11.2. The molecule has 1 unspecified atom stereocenters. The highest BCUT2D eigenvalue weighted by atomic mass is 16.5. The van der Waals surface area contributed by atoms with E-state index in [1.165, 1.54) is 50.3 Å². The number of ether oxygens (including phenoxy) is 1. The van der Waals surface area contributed by atoms with E-state index >= 15 is 0 Å². The van der Waals surface area contributed by atoms with Crippen LogP contribution in [0.5, 0.6) is 0 Å². The van der Waals surface area contributed by atoms with Crippen LogP contribution in [0, 0.1) is 0 Å². The van der Waals surface area contributed by atoms with E-state index in [2.05, 4.69) is 13.8 Å². The SMILES string of the molecule is CCCCOCCCC.O=C(c1ccco1)C(O)c1ccco1. The van der Waals surface area contributed by atoms with Crippen molar-refractivity contribution in [3.63, 3.8) is 0 Å². The molecular formula is C18H26O5. The summed E-state index contributed by atoms with van der Waals surface area (Å²) in [5.74, 6) is -0.176. The lowest BCUT2D eigenvalue weighted by Gasteiger charge is -2.03. The zero-order valence-electron chi connectivity index (χ0n) is 13.9. The molecule has 0 aliphatic rings. The van der Waals surface area contributed by atoms with Crippen LogP contribution >= 0.6 is 0 Å². The van der Waals surface area contributed by atoms with E-state index in [9.17, 15) is 9.90 Å². The number of hydrogen-bond acceptors (Lipinski definition) is 5. The molecule has 0 fully saturated rings. The van der Waals surface area contributed by atoms with Gasteiger partial charge in [0.25, 0.3) is 0 Å². The summed E-state index contributed by atoms with van der Waals surface area (Å²) in [7, 11) is 0. The molecule has 1 N–H and O–H groups in total. The van der Waals surface area contributed by atoms with Crippen LogP contribution in [0.4, 0.5) is 0 Å². The fourth-order valence-electron chi connectivity index (χ4n) is 1.72. The summed E-state index contributed by atoms with van der Waals surface area (Å²) in [6.07, 6.45) is 6.39. The van der Waals surface area contributed by atoms with E-state index in [1.54, 1.807) is 12.1 Å². The van der Waals surface area contributed by atoms with E-state index in [0.29, 0.717) is 0 Å². The van der Waals surface area contributed by atoms with Gasteiger partial charge in [0.15, 0.2) is 11.9 Å². The normalized spacial score (nSPS) is 11.6. The predicted octanol–water partition coefficient (Wildman–Crippen LogP) is 4.39. The van der Waals surface area contributed by atoms with Gasteiger partial charge < -0.3 is 18.7 Å². The first kappa shape index (κ1) is 19.2. The van der Waals surface area contributed by atoms with Crippen LogP contribution in [0.2, 0.25) is 0 Å². The summed E-state index contributed by atoms with van der Waals surface area (Å²) in [4.78, 5) is 11.5. The molecule has 2 rings (SSSR count). The van der Waals surface area contributed by atoms with Crippen molar-refractivity contribution >= 4 is 5.78 Å². The second kappa shape index (κ2) is 11.7. The molecule has 0 bridgehead atoms. The second-order valence-corrected chi connectivity index (χ2v) is 5.08. The molecule has 0 amide bonds. The molecule has 0 saturated heterocycles. The molecule has 23 heavy (non-hydrogen) atoms. The van der Waals surface area contributed by atoms with Crippen LogP contribution in [-0.2, 0) is 4.74 Å². The fourth-order valence-corrected chi connectivity index (χ4v) is 1.72. The third kappa shape index (κ3) is 7.30. The van der Waals surface area contributed by atoms with Gasteiger partial charge in [-0.25, -0.2) is 0 Å². The van der Waals surface area contributed by atoms with Crippen LogP contribution in [0.25, 0.3) is 0 Å². The number of ketones is 1. The Morgan fingerprint density at radius 2 is 1.70 bits per heavy atom. The Hall–Kier alpha value is -1.85. The summed E-state index contributed by atoms with van der Waals surface area (Å²) in [6, 6.07) is 6.22. The molecule has 0 saturated carbocycles. The van der Waals surface area contributed by atoms with Crippen molar-refractivity contribution in [1.29, 1.82) is 0 Å². The smallest absolute Gasteiger partial charge is 0.234 e. The van der Waals surface area contributed by atoms with E-state index in [0.717, 1.165) is 13.2 Å². The third-order valence-electron chi connectivity index (χ3n) is 3.11. The zero-order chi connectivity index (χ0) is 16.9. The number of aliphatic hydroxyl groups excluding tert-OH is 1. The highest BCUT2D eigenvalue weighted by Gasteiger charge is 2.23. The number of rotatable bonds is 9. The Balaban J connectivity index is 0.000000257. The molecule has 128 valence electrons. The van der Waals surface area contributed by atoms with Crippen molar-refractivity contribution in [3.05, 3.63) is 48.3 Å². The average Bonchev–Trinajstić information content (AvgIpc) is 3.27. The van der Waals surface area contributed by atoms with Crippen molar-refractivity contribution in [2.24, 2.45) is 0 Å². The number of furan rings is 2. The number of unbranched alkanes of at least 4 members (excludes halogenated alkanes) is 2. The maximum Gasteiger partial charge on any atom is 0.234 e. The van der Waals surface area contributed by atoms with Crippen LogP contribution in [-0.4, -0.2) is 24.1 Å². The summed E-state index contributed by atoms with van der Waals surface area (Å²) in [5, 5.41) is 9.55. The van der Waals surface area contributed by atoms with Crippen molar-refractivity contribution in [2.45, 2.75) is 45.6 Å². The Morgan fingerprint density at radius 1 is 1.09 bits per heavy atom. The van der Waals surface area contributed by atoms with Gasteiger partial charge in [0.1, 0.15) is 5.76 Å². The molecule has 2 aromatic rings. The number of carbonyl (C=O) groups excluding carboxylic acids is 1. The Morgan fingerprint density at radius 3 is 2.17 bits per heavy atom. The second-order valence-electron chi connectivity index (χ2n) is 5.08. The van der Waals surface area contributed by atoms with Gasteiger partial charge in [-0.2, -0.15) is 0 Å². The minimum absolute atomic E-state index is 0.119. The molecular weight excluding hydrogens is 296 g/mol. The number of Topliss-reactive ketones (excluding diaryl/α,β-unsaturated/α-hetero) is 1. The first-order valence-electron chi connectivity index (χ1n) is 8.07. The van der Waals surface area contributed by atoms with Gasteiger partial charge in [-0.15, -0.1) is 0 Å². The van der Waals surface area contributed by atoms with Gasteiger partial charge in [-0.3, -0.25) is 4.79 Å². The third-order valence-corrected chi connectivity index (χ3v) is 3.11. The minimum atomic E-state index is -1.30. The van der Waals surface area contributed by atoms with Gasteiger partial charge in [0, 0.05) is 13.2 Å². The molecule has 5 nitrogen and oxygen atoms in total. The Kier molecular flexibility index (Phi) is 9.75. The van der Waals surface area contributed by atoms with Gasteiger partial charge in [0.05, 0.1) is 12.5 Å². The Labute approximate surface area is 137 Å². The van der Waals surface area contributed by atoms with Crippen molar-refractivity contribution < 1.29 is 23.5 Å². The molecule has 0 spiro atoms. The van der Waals surface area contributed by atoms with Crippen molar-refractivity contribution in [1.82, 2.24) is 0 Å². The van der Waals surface area contributed by atoms with E-state index < -0.39 is 11.9 Å². The molecule has 0 aliphatic heterocycles. The van der Waals surface area contributed by atoms with E-state index in [1.807, 2.05) is 0 Å². The highest BCUT2D eigenvalue weighted by Crippen LogP contribution is 2.18. The molecule has 2 aromatic heterocycles. The standard InChI is InChI=1S/C10H8O4.C8H18O/c11-9(7-3-1-5-13-7)10(12)8-4-2-6-14-8;1-3-5-7-9-8-6-4-2/h1-6,9,11H;3-8H2,1-2H3. The molecule has 0 aromatic carbocycles. The summed E-state index contributed by atoms with van der Waals surface area (Å²) >= 11 is 0. The number of aliphatic hydroxyl groups is 1. The number of carbonyl (C=O) groups is 1. The van der Waals surface area contributed by atoms with Crippen LogP contribution in [0.15, 0.2) is 45.6 Å². The van der Waals surface area contributed by atoms with Gasteiger partial charge in [0.2, 0.25) is 5.78 Å². The van der Waals surface area contributed by atoms with Crippen LogP contribution in [0.1, 0.15) is 61.9 Å². The lowest BCUT2D eigenvalue weighted by atomic mass is 10.1. The van der Waals surface area contributed by atoms with Crippen LogP contribution in [0.3, 0.4) is 0 Å². The Bertz CT molecular complexity index is 496. The first-order valence-corrected chi connectivity index (χ1v) is 8.07. The zero-order valence-corrected chi connectivity index (χ0v) is 13.9.